The first-order chi connectivity index (χ1) is 17.4. The molecule has 0 aliphatic heterocycles. The summed E-state index contributed by atoms with van der Waals surface area (Å²) in [6.45, 7) is 40.4. The normalized spacial score (nSPS) is 52.7. The molecule has 3 fully saturated rings. The predicted octanol–water partition coefficient (Wildman–Crippen LogP) is 10.2. The number of hydrogen-bond acceptors (Lipinski definition) is 1. The largest absolute Gasteiger partial charge is 0.393 e. The summed E-state index contributed by atoms with van der Waals surface area (Å²) in [4.78, 5) is 0. The minimum atomic E-state index is -0.228. The summed E-state index contributed by atoms with van der Waals surface area (Å²) in [5.74, 6) is 13.2. The molecule has 0 amide bonds. The zero-order valence-electron chi connectivity index (χ0n) is 28.6. The van der Waals surface area contributed by atoms with Crippen LogP contribution in [0.5, 0.6) is 0 Å². The molecular formula is C37H70O. The van der Waals surface area contributed by atoms with E-state index >= 15 is 0 Å². The quantitative estimate of drug-likeness (QED) is 0.375. The van der Waals surface area contributed by atoms with Gasteiger partial charge in [-0.15, -0.1) is 0 Å². The molecule has 3 aliphatic carbocycles. The highest BCUT2D eigenvalue weighted by Gasteiger charge is 2.57. The van der Waals surface area contributed by atoms with Gasteiger partial charge in [0.15, 0.2) is 0 Å². The van der Waals surface area contributed by atoms with Gasteiger partial charge < -0.3 is 5.11 Å². The van der Waals surface area contributed by atoms with Crippen LogP contribution >= 0.6 is 0 Å². The highest BCUT2D eigenvalue weighted by Crippen LogP contribution is 2.62. The van der Waals surface area contributed by atoms with Gasteiger partial charge in [0.1, 0.15) is 0 Å². The SMILES string of the molecule is CCC(C(C)C1C(C)C(C(C)O)C(C)C(C(C)(C)C)C1C)C1C(C)C(C)C2C(C)C(C)C(C)C(C)C2C1C. The third-order valence-corrected chi connectivity index (χ3v) is 14.8. The van der Waals surface area contributed by atoms with Crippen LogP contribution in [0.25, 0.3) is 0 Å². The second kappa shape index (κ2) is 11.7. The van der Waals surface area contributed by atoms with Crippen molar-refractivity contribution in [2.24, 2.45) is 112 Å². The summed E-state index contributed by atoms with van der Waals surface area (Å²) in [7, 11) is 0. The molecule has 1 N–H and O–H groups in total. The summed E-state index contributed by atoms with van der Waals surface area (Å²) >= 11 is 0. The van der Waals surface area contributed by atoms with Crippen LogP contribution in [-0.4, -0.2) is 11.2 Å². The van der Waals surface area contributed by atoms with Gasteiger partial charge in [0, 0.05) is 0 Å². The summed E-state index contributed by atoms with van der Waals surface area (Å²) in [5, 5.41) is 11.1. The monoisotopic (exact) mass is 531 g/mol. The van der Waals surface area contributed by atoms with Gasteiger partial charge in [-0.2, -0.15) is 0 Å². The Morgan fingerprint density at radius 2 is 0.947 bits per heavy atom. The number of aliphatic hydroxyl groups excluding tert-OH is 1. The van der Waals surface area contributed by atoms with E-state index < -0.39 is 0 Å². The maximum Gasteiger partial charge on any atom is 0.0545 e. The van der Waals surface area contributed by atoms with E-state index in [-0.39, 0.29) is 11.5 Å². The lowest BCUT2D eigenvalue weighted by Gasteiger charge is -2.62. The van der Waals surface area contributed by atoms with Gasteiger partial charge in [0.2, 0.25) is 0 Å². The maximum absolute atomic E-state index is 11.1. The van der Waals surface area contributed by atoms with Crippen LogP contribution in [0.3, 0.4) is 0 Å². The fourth-order valence-electron chi connectivity index (χ4n) is 13.1. The van der Waals surface area contributed by atoms with Crippen LogP contribution in [0.2, 0.25) is 0 Å². The standard InChI is InChI=1S/C37H70O/c1-17-30(24(8)31-25(9)32(29(13)38)28(12)36(27(31)11)37(14,15)16)33-22(6)23(7)34-20(4)18(2)19(3)21(5)35(34)26(33)10/h18-36,38H,17H2,1-16H3. The minimum absolute atomic E-state index is 0.228. The van der Waals surface area contributed by atoms with Crippen molar-refractivity contribution in [1.82, 2.24) is 0 Å². The zero-order chi connectivity index (χ0) is 29.2. The maximum atomic E-state index is 11.1. The molecule has 0 radical (unpaired) electrons. The summed E-state index contributed by atoms with van der Waals surface area (Å²) < 4.78 is 0. The van der Waals surface area contributed by atoms with Crippen molar-refractivity contribution >= 4 is 0 Å². The molecule has 0 aromatic heterocycles. The lowest BCUT2D eigenvalue weighted by Crippen LogP contribution is -2.57. The molecule has 38 heavy (non-hydrogen) atoms. The molecule has 0 bridgehead atoms. The fourth-order valence-corrected chi connectivity index (χ4v) is 13.1. The van der Waals surface area contributed by atoms with E-state index in [9.17, 15) is 5.11 Å². The van der Waals surface area contributed by atoms with Crippen molar-refractivity contribution < 1.29 is 5.11 Å². The van der Waals surface area contributed by atoms with Crippen molar-refractivity contribution in [3.63, 3.8) is 0 Å². The van der Waals surface area contributed by atoms with Crippen molar-refractivity contribution in [2.75, 3.05) is 0 Å². The molecule has 19 unspecified atom stereocenters. The molecule has 3 saturated carbocycles. The van der Waals surface area contributed by atoms with Gasteiger partial charge >= 0.3 is 0 Å². The Labute approximate surface area is 240 Å². The Morgan fingerprint density at radius 1 is 0.526 bits per heavy atom. The summed E-state index contributed by atoms with van der Waals surface area (Å²) in [6.07, 6.45) is 1.07. The summed E-state index contributed by atoms with van der Waals surface area (Å²) in [6, 6.07) is 0. The Hall–Kier alpha value is -0.0400. The molecule has 0 saturated heterocycles. The first-order valence-electron chi connectivity index (χ1n) is 17.1. The third kappa shape index (κ3) is 5.20. The molecule has 3 aliphatic rings. The van der Waals surface area contributed by atoms with Gasteiger partial charge in [-0.05, 0) is 119 Å². The van der Waals surface area contributed by atoms with E-state index in [1.165, 1.54) is 6.42 Å². The molecule has 0 aromatic rings. The van der Waals surface area contributed by atoms with Crippen molar-refractivity contribution in [3.8, 4) is 0 Å². The second-order valence-electron chi connectivity index (χ2n) is 17.0. The van der Waals surface area contributed by atoms with Crippen LogP contribution < -0.4 is 0 Å². The van der Waals surface area contributed by atoms with E-state index in [2.05, 4.69) is 111 Å². The molecule has 224 valence electrons. The van der Waals surface area contributed by atoms with Gasteiger partial charge in [0.25, 0.3) is 0 Å². The second-order valence-corrected chi connectivity index (χ2v) is 17.0. The lowest BCUT2D eigenvalue weighted by molar-refractivity contribution is -0.147. The molecule has 3 rings (SSSR count). The first kappa shape index (κ1) is 32.5. The average Bonchev–Trinajstić information content (AvgIpc) is 2.79. The Kier molecular flexibility index (Phi) is 9.98. The molecule has 1 heteroatoms. The highest BCUT2D eigenvalue weighted by molar-refractivity contribution is 5.05. The van der Waals surface area contributed by atoms with E-state index in [1.54, 1.807) is 0 Å². The fraction of sp³-hybridized carbons (Fsp3) is 1.00. The van der Waals surface area contributed by atoms with Crippen molar-refractivity contribution in [3.05, 3.63) is 0 Å². The summed E-state index contributed by atoms with van der Waals surface area (Å²) in [5.41, 5.74) is 0.263. The van der Waals surface area contributed by atoms with E-state index in [0.29, 0.717) is 41.4 Å². The minimum Gasteiger partial charge on any atom is -0.393 e. The van der Waals surface area contributed by atoms with Crippen LogP contribution in [0.15, 0.2) is 0 Å². The highest BCUT2D eigenvalue weighted by atomic mass is 16.3. The molecule has 1 nitrogen and oxygen atoms in total. The van der Waals surface area contributed by atoms with Crippen LogP contribution in [0.4, 0.5) is 0 Å². The van der Waals surface area contributed by atoms with Crippen molar-refractivity contribution in [1.29, 1.82) is 0 Å². The smallest absolute Gasteiger partial charge is 0.0545 e. The van der Waals surface area contributed by atoms with Crippen molar-refractivity contribution in [2.45, 2.75) is 123 Å². The topological polar surface area (TPSA) is 20.2 Å². The Morgan fingerprint density at radius 3 is 1.37 bits per heavy atom. The number of hydrogen-bond donors (Lipinski definition) is 1. The predicted molar refractivity (Wildman–Crippen MR) is 167 cm³/mol. The molecular weight excluding hydrogens is 460 g/mol. The lowest BCUT2D eigenvalue weighted by atomic mass is 9.43. The first-order valence-corrected chi connectivity index (χ1v) is 17.1. The Balaban J connectivity index is 2.02. The van der Waals surface area contributed by atoms with Gasteiger partial charge in [0.05, 0.1) is 6.10 Å². The van der Waals surface area contributed by atoms with Gasteiger partial charge in [-0.3, -0.25) is 0 Å². The Bertz CT molecular complexity index is 763. The molecule has 19 atom stereocenters. The van der Waals surface area contributed by atoms with Crippen LogP contribution in [-0.2, 0) is 0 Å². The molecule has 0 aromatic carbocycles. The number of rotatable bonds is 5. The van der Waals surface area contributed by atoms with Gasteiger partial charge in [-0.25, -0.2) is 0 Å². The van der Waals surface area contributed by atoms with E-state index in [4.69, 9.17) is 0 Å². The van der Waals surface area contributed by atoms with E-state index in [0.717, 1.165) is 65.1 Å². The molecule has 0 heterocycles. The van der Waals surface area contributed by atoms with E-state index in [1.807, 2.05) is 0 Å². The van der Waals surface area contributed by atoms with Crippen LogP contribution in [0.1, 0.15) is 117 Å². The van der Waals surface area contributed by atoms with Gasteiger partial charge in [-0.1, -0.05) is 110 Å². The third-order valence-electron chi connectivity index (χ3n) is 14.8. The van der Waals surface area contributed by atoms with Crippen LogP contribution in [0, 0.1) is 112 Å². The average molecular weight is 531 g/mol. The number of fused-ring (bicyclic) bond motifs is 1. The molecule has 0 spiro atoms. The number of aliphatic hydroxyl groups is 1. The zero-order valence-corrected chi connectivity index (χ0v) is 28.6.